The van der Waals surface area contributed by atoms with E-state index in [1.165, 1.54) is 6.07 Å². The number of aryl methyl sites for hydroxylation is 1. The first-order chi connectivity index (χ1) is 10.0. The number of thiazole rings is 1. The lowest BCUT2D eigenvalue weighted by Crippen LogP contribution is -2.09. The van der Waals surface area contributed by atoms with Crippen molar-refractivity contribution in [1.82, 2.24) is 9.97 Å². The monoisotopic (exact) mass is 301 g/mol. The van der Waals surface area contributed by atoms with E-state index in [9.17, 15) is 4.39 Å². The van der Waals surface area contributed by atoms with Crippen LogP contribution in [0.3, 0.4) is 0 Å². The fraction of sp³-hybridized carbons (Fsp3) is 0.250. The van der Waals surface area contributed by atoms with Gasteiger partial charge in [0.15, 0.2) is 5.13 Å². The maximum absolute atomic E-state index is 13.9. The molecular formula is C16H16FN3S. The van der Waals surface area contributed by atoms with Crippen LogP contribution in [-0.4, -0.2) is 16.0 Å². The van der Waals surface area contributed by atoms with Crippen LogP contribution in [0.2, 0.25) is 0 Å². The average molecular weight is 301 g/mol. The van der Waals surface area contributed by atoms with E-state index in [4.69, 9.17) is 0 Å². The smallest absolute Gasteiger partial charge is 0.183 e. The number of nitrogens with zero attached hydrogens (tertiary/aromatic N) is 2. The fourth-order valence-electron chi connectivity index (χ4n) is 2.26. The standard InChI is InChI=1S/C16H16FN3S/c1-9(2)18-16-20-14(8-21-16)12-7-10(3)19-15-11(12)5-4-6-13(15)17/h4-9H,1-3H3,(H,18,20). The molecule has 0 radical (unpaired) electrons. The zero-order valence-electron chi connectivity index (χ0n) is 12.1. The minimum absolute atomic E-state index is 0.298. The molecule has 3 rings (SSSR count). The lowest BCUT2D eigenvalue weighted by atomic mass is 10.1. The van der Waals surface area contributed by atoms with Gasteiger partial charge in [0.25, 0.3) is 0 Å². The number of fused-ring (bicyclic) bond motifs is 1. The molecule has 0 saturated carbocycles. The molecule has 0 fully saturated rings. The van der Waals surface area contributed by atoms with Crippen molar-refractivity contribution in [3.05, 3.63) is 41.2 Å². The molecule has 0 atom stereocenters. The molecule has 1 aromatic carbocycles. The Morgan fingerprint density at radius 1 is 1.24 bits per heavy atom. The van der Waals surface area contributed by atoms with E-state index in [1.54, 1.807) is 17.4 Å². The van der Waals surface area contributed by atoms with Crippen LogP contribution in [0.25, 0.3) is 22.2 Å². The molecule has 3 aromatic rings. The number of para-hydroxylation sites is 1. The van der Waals surface area contributed by atoms with Gasteiger partial charge in [-0.1, -0.05) is 12.1 Å². The maximum Gasteiger partial charge on any atom is 0.183 e. The van der Waals surface area contributed by atoms with Crippen molar-refractivity contribution >= 4 is 27.4 Å². The van der Waals surface area contributed by atoms with E-state index in [-0.39, 0.29) is 5.82 Å². The average Bonchev–Trinajstić information content (AvgIpc) is 2.86. The topological polar surface area (TPSA) is 37.8 Å². The number of nitrogens with one attached hydrogen (secondary N) is 1. The number of benzene rings is 1. The molecule has 0 aliphatic rings. The highest BCUT2D eigenvalue weighted by Crippen LogP contribution is 2.32. The summed E-state index contributed by atoms with van der Waals surface area (Å²) in [5.41, 5.74) is 2.96. The van der Waals surface area contributed by atoms with Crippen LogP contribution in [0.15, 0.2) is 29.6 Å². The summed E-state index contributed by atoms with van der Waals surface area (Å²) in [7, 11) is 0. The quantitative estimate of drug-likeness (QED) is 0.766. The number of hydrogen-bond donors (Lipinski definition) is 1. The summed E-state index contributed by atoms with van der Waals surface area (Å²) in [4.78, 5) is 8.90. The summed E-state index contributed by atoms with van der Waals surface area (Å²) in [5.74, 6) is -0.298. The predicted octanol–water partition coefficient (Wildman–Crippen LogP) is 4.63. The Hall–Kier alpha value is -2.01. The molecule has 1 N–H and O–H groups in total. The highest BCUT2D eigenvalue weighted by molar-refractivity contribution is 7.14. The molecule has 0 amide bonds. The van der Waals surface area contributed by atoms with Crippen molar-refractivity contribution in [2.75, 3.05) is 5.32 Å². The molecule has 0 unspecified atom stereocenters. The first-order valence-corrected chi connectivity index (χ1v) is 7.71. The number of rotatable bonds is 3. The van der Waals surface area contributed by atoms with Gasteiger partial charge in [-0.2, -0.15) is 0 Å². The second-order valence-corrected chi connectivity index (χ2v) is 6.14. The molecule has 0 saturated heterocycles. The molecule has 108 valence electrons. The van der Waals surface area contributed by atoms with Gasteiger partial charge >= 0.3 is 0 Å². The summed E-state index contributed by atoms with van der Waals surface area (Å²) < 4.78 is 13.9. The van der Waals surface area contributed by atoms with Crippen LogP contribution in [-0.2, 0) is 0 Å². The van der Waals surface area contributed by atoms with Crippen LogP contribution in [0, 0.1) is 12.7 Å². The van der Waals surface area contributed by atoms with Crippen LogP contribution < -0.4 is 5.32 Å². The molecule has 0 bridgehead atoms. The van der Waals surface area contributed by atoms with Gasteiger partial charge in [-0.05, 0) is 32.9 Å². The molecule has 2 aromatic heterocycles. The minimum atomic E-state index is -0.298. The third kappa shape index (κ3) is 2.74. The largest absolute Gasteiger partial charge is 0.359 e. The summed E-state index contributed by atoms with van der Waals surface area (Å²) in [6.45, 7) is 6.01. The second kappa shape index (κ2) is 5.41. The van der Waals surface area contributed by atoms with Gasteiger partial charge in [0.2, 0.25) is 0 Å². The van der Waals surface area contributed by atoms with Gasteiger partial charge in [0.1, 0.15) is 11.3 Å². The predicted molar refractivity (Wildman–Crippen MR) is 86.3 cm³/mol. The van der Waals surface area contributed by atoms with Gasteiger partial charge in [0, 0.05) is 28.1 Å². The van der Waals surface area contributed by atoms with Gasteiger partial charge in [0.05, 0.1) is 5.69 Å². The zero-order chi connectivity index (χ0) is 15.0. The SMILES string of the molecule is Cc1cc(-c2csc(NC(C)C)n2)c2cccc(F)c2n1. The normalized spacial score (nSPS) is 11.3. The summed E-state index contributed by atoms with van der Waals surface area (Å²) in [5, 5.41) is 6.94. The molecular weight excluding hydrogens is 285 g/mol. The maximum atomic E-state index is 13.9. The Kier molecular flexibility index (Phi) is 3.59. The lowest BCUT2D eigenvalue weighted by molar-refractivity contribution is 0.636. The van der Waals surface area contributed by atoms with Crippen LogP contribution >= 0.6 is 11.3 Å². The first kappa shape index (κ1) is 13.9. The molecule has 0 aliphatic carbocycles. The second-order valence-electron chi connectivity index (χ2n) is 5.28. The van der Waals surface area contributed by atoms with E-state index >= 15 is 0 Å². The summed E-state index contributed by atoms with van der Waals surface area (Å²) in [6.07, 6.45) is 0. The fourth-order valence-corrected chi connectivity index (χ4v) is 3.12. The molecule has 3 nitrogen and oxygen atoms in total. The van der Waals surface area contributed by atoms with E-state index in [2.05, 4.69) is 29.1 Å². The van der Waals surface area contributed by atoms with Crippen molar-refractivity contribution in [2.45, 2.75) is 26.8 Å². The molecule has 2 heterocycles. The van der Waals surface area contributed by atoms with Gasteiger partial charge in [-0.25, -0.2) is 9.37 Å². The van der Waals surface area contributed by atoms with Crippen molar-refractivity contribution < 1.29 is 4.39 Å². The highest BCUT2D eigenvalue weighted by atomic mass is 32.1. The van der Waals surface area contributed by atoms with Crippen molar-refractivity contribution in [3.8, 4) is 11.3 Å². The summed E-state index contributed by atoms with van der Waals surface area (Å²) >= 11 is 1.55. The van der Waals surface area contributed by atoms with E-state index in [1.807, 2.05) is 24.4 Å². The van der Waals surface area contributed by atoms with E-state index in [0.717, 1.165) is 27.5 Å². The number of pyridine rings is 1. The Morgan fingerprint density at radius 3 is 2.81 bits per heavy atom. The zero-order valence-corrected chi connectivity index (χ0v) is 13.0. The number of aromatic nitrogens is 2. The molecule has 5 heteroatoms. The first-order valence-electron chi connectivity index (χ1n) is 6.83. The molecule has 0 aliphatic heterocycles. The van der Waals surface area contributed by atoms with E-state index in [0.29, 0.717) is 11.6 Å². The number of anilines is 1. The van der Waals surface area contributed by atoms with Crippen molar-refractivity contribution in [2.24, 2.45) is 0 Å². The number of halogens is 1. The van der Waals surface area contributed by atoms with Gasteiger partial charge < -0.3 is 5.32 Å². The Balaban J connectivity index is 2.16. The molecule has 0 spiro atoms. The third-order valence-corrected chi connectivity index (χ3v) is 3.88. The Bertz CT molecular complexity index is 795. The lowest BCUT2D eigenvalue weighted by Gasteiger charge is -2.07. The van der Waals surface area contributed by atoms with Crippen molar-refractivity contribution in [1.29, 1.82) is 0 Å². The van der Waals surface area contributed by atoms with Crippen molar-refractivity contribution in [3.63, 3.8) is 0 Å². The third-order valence-electron chi connectivity index (χ3n) is 3.11. The minimum Gasteiger partial charge on any atom is -0.359 e. The van der Waals surface area contributed by atoms with Gasteiger partial charge in [-0.15, -0.1) is 11.3 Å². The van der Waals surface area contributed by atoms with Gasteiger partial charge in [-0.3, -0.25) is 4.98 Å². The van der Waals surface area contributed by atoms with Crippen LogP contribution in [0.5, 0.6) is 0 Å². The Morgan fingerprint density at radius 2 is 2.05 bits per heavy atom. The summed E-state index contributed by atoms with van der Waals surface area (Å²) in [6, 6.07) is 7.31. The highest BCUT2D eigenvalue weighted by Gasteiger charge is 2.12. The van der Waals surface area contributed by atoms with E-state index < -0.39 is 0 Å². The van der Waals surface area contributed by atoms with Crippen LogP contribution in [0.1, 0.15) is 19.5 Å². The molecule has 21 heavy (non-hydrogen) atoms. The van der Waals surface area contributed by atoms with Crippen LogP contribution in [0.4, 0.5) is 9.52 Å². The Labute approximate surface area is 126 Å². The number of hydrogen-bond acceptors (Lipinski definition) is 4.